The van der Waals surface area contributed by atoms with Gasteiger partial charge in [-0.3, -0.25) is 4.79 Å². The first-order valence-corrected chi connectivity index (χ1v) is 15.1. The molecule has 3 heteroatoms. The summed E-state index contributed by atoms with van der Waals surface area (Å²) in [5.41, 5.74) is 6.17. The third-order valence-electron chi connectivity index (χ3n) is 8.17. The Balaban J connectivity index is 0.000000253. The highest BCUT2D eigenvalue weighted by Crippen LogP contribution is 2.32. The monoisotopic (exact) mass is 527 g/mol. The summed E-state index contributed by atoms with van der Waals surface area (Å²) < 4.78 is 5.99. The van der Waals surface area contributed by atoms with E-state index in [2.05, 4.69) is 74.5 Å². The molecule has 2 aliphatic carbocycles. The van der Waals surface area contributed by atoms with E-state index in [4.69, 9.17) is 4.74 Å². The summed E-state index contributed by atoms with van der Waals surface area (Å²) in [4.78, 5) is 12.6. The number of hydrogen-bond donors (Lipinski definition) is 1. The molecular weight excluding hydrogens is 478 g/mol. The van der Waals surface area contributed by atoms with Crippen molar-refractivity contribution >= 4 is 5.78 Å². The molecule has 0 aliphatic heterocycles. The summed E-state index contributed by atoms with van der Waals surface area (Å²) >= 11 is 0. The van der Waals surface area contributed by atoms with Crippen molar-refractivity contribution in [2.45, 2.75) is 103 Å². The van der Waals surface area contributed by atoms with E-state index in [9.17, 15) is 4.79 Å². The lowest BCUT2D eigenvalue weighted by molar-refractivity contribution is 0.0894. The van der Waals surface area contributed by atoms with Gasteiger partial charge in [0.05, 0.1) is 0 Å². The quantitative estimate of drug-likeness (QED) is 0.296. The van der Waals surface area contributed by atoms with Crippen LogP contribution in [0.1, 0.15) is 117 Å². The number of hydrogen-bond acceptors (Lipinski definition) is 3. The maximum atomic E-state index is 12.6. The number of carbonyl (C=O) groups is 1. The van der Waals surface area contributed by atoms with Crippen molar-refractivity contribution < 1.29 is 9.53 Å². The molecule has 0 heterocycles. The number of fused-ring (bicyclic) bond motifs is 1. The summed E-state index contributed by atoms with van der Waals surface area (Å²) in [6.07, 6.45) is 14.9. The lowest BCUT2D eigenvalue weighted by Crippen LogP contribution is -2.22. The van der Waals surface area contributed by atoms with Gasteiger partial charge in [-0.2, -0.15) is 0 Å². The molecule has 2 aliphatic rings. The number of ether oxygens (including phenoxy) is 1. The summed E-state index contributed by atoms with van der Waals surface area (Å²) in [6, 6.07) is 25.6. The van der Waals surface area contributed by atoms with Gasteiger partial charge < -0.3 is 10.9 Å². The Morgan fingerprint density at radius 3 is 2.23 bits per heavy atom. The molecule has 3 nitrogen and oxygen atoms in total. The van der Waals surface area contributed by atoms with Crippen LogP contribution in [0.25, 0.3) is 0 Å². The van der Waals surface area contributed by atoms with Crippen molar-refractivity contribution in [2.75, 3.05) is 0 Å². The van der Waals surface area contributed by atoms with Gasteiger partial charge in [-0.05, 0) is 84.9 Å². The molecule has 1 fully saturated rings. The lowest BCUT2D eigenvalue weighted by Gasteiger charge is -2.23. The molecule has 1 unspecified atom stereocenters. The number of carbonyl (C=O) groups excluding carboxylic acids is 1. The average molecular weight is 528 g/mol. The predicted molar refractivity (Wildman–Crippen MR) is 164 cm³/mol. The Hall–Kier alpha value is -2.91. The molecule has 1 saturated carbocycles. The number of ketones is 1. The topological polar surface area (TPSA) is 61.3 Å². The van der Waals surface area contributed by atoms with Crippen LogP contribution in [0, 0.1) is 5.92 Å². The molecule has 0 bridgehead atoms. The van der Waals surface area contributed by atoms with Crippen molar-refractivity contribution in [3.8, 4) is 5.75 Å². The lowest BCUT2D eigenvalue weighted by atomic mass is 9.80. The van der Waals surface area contributed by atoms with Gasteiger partial charge in [-0.25, -0.2) is 0 Å². The van der Waals surface area contributed by atoms with Crippen LogP contribution in [-0.4, -0.2) is 5.78 Å². The second-order valence-electron chi connectivity index (χ2n) is 11.2. The van der Waals surface area contributed by atoms with Crippen LogP contribution >= 0.6 is 0 Å². The smallest absolute Gasteiger partial charge is 0.166 e. The third-order valence-corrected chi connectivity index (χ3v) is 8.17. The molecule has 3 aromatic carbocycles. The van der Waals surface area contributed by atoms with Crippen LogP contribution in [-0.2, 0) is 19.4 Å². The second kappa shape index (κ2) is 16.3. The van der Waals surface area contributed by atoms with E-state index in [0.717, 1.165) is 61.3 Å². The Morgan fingerprint density at radius 2 is 1.51 bits per heavy atom. The number of aryl methyl sites for hydroxylation is 2. The van der Waals surface area contributed by atoms with E-state index < -0.39 is 0 Å². The Labute approximate surface area is 237 Å². The molecule has 1 atom stereocenters. The zero-order valence-corrected chi connectivity index (χ0v) is 24.3. The minimum Gasteiger partial charge on any atom is -0.489 e. The van der Waals surface area contributed by atoms with Crippen LogP contribution in [0.15, 0.2) is 72.8 Å². The molecule has 0 amide bonds. The molecule has 0 spiro atoms. The van der Waals surface area contributed by atoms with E-state index >= 15 is 0 Å². The molecule has 3 N–H and O–H groups in total. The van der Waals surface area contributed by atoms with Gasteiger partial charge in [0.1, 0.15) is 12.4 Å². The van der Waals surface area contributed by atoms with Gasteiger partial charge in [0.25, 0.3) is 0 Å². The second-order valence-corrected chi connectivity index (χ2v) is 11.2. The molecule has 39 heavy (non-hydrogen) atoms. The Kier molecular flexibility index (Phi) is 12.8. The van der Waals surface area contributed by atoms with E-state index in [1.54, 1.807) is 5.56 Å². The normalized spacial score (nSPS) is 17.2. The van der Waals surface area contributed by atoms with Crippen LogP contribution in [0.4, 0.5) is 0 Å². The largest absolute Gasteiger partial charge is 0.489 e. The van der Waals surface area contributed by atoms with E-state index in [1.165, 1.54) is 49.7 Å². The first-order chi connectivity index (χ1) is 18.7. The van der Waals surface area contributed by atoms with Crippen molar-refractivity contribution in [3.63, 3.8) is 0 Å². The first-order valence-electron chi connectivity index (χ1n) is 15.1. The zero-order chi connectivity index (χ0) is 26.6. The summed E-state index contributed by atoms with van der Waals surface area (Å²) in [5.74, 6) is 2.25. The minimum atomic E-state index is 0. The molecule has 210 valence electrons. The highest BCUT2D eigenvalue weighted by atomic mass is 16.5. The van der Waals surface area contributed by atoms with Crippen LogP contribution in [0.3, 0.4) is 0 Å². The predicted octanol–water partition coefficient (Wildman–Crippen LogP) is 10.0. The summed E-state index contributed by atoms with van der Waals surface area (Å²) in [7, 11) is 0. The maximum Gasteiger partial charge on any atom is 0.166 e. The van der Waals surface area contributed by atoms with Gasteiger partial charge in [0.2, 0.25) is 0 Å². The van der Waals surface area contributed by atoms with Gasteiger partial charge in [-0.15, -0.1) is 0 Å². The van der Waals surface area contributed by atoms with Gasteiger partial charge in [0, 0.05) is 11.5 Å². The SMILES string of the molecule is CCCc1cccc(COc2ccc3c(c2)CCC(CCC)C3=O)c1.N.c1ccc(C2CCCCCC2)cc1. The van der Waals surface area contributed by atoms with Gasteiger partial charge >= 0.3 is 0 Å². The van der Waals surface area contributed by atoms with Crippen LogP contribution in [0.5, 0.6) is 5.75 Å². The third kappa shape index (κ3) is 9.07. The average Bonchev–Trinajstić information content (AvgIpc) is 3.25. The summed E-state index contributed by atoms with van der Waals surface area (Å²) in [5, 5.41) is 0. The Morgan fingerprint density at radius 1 is 0.769 bits per heavy atom. The van der Waals surface area contributed by atoms with Crippen molar-refractivity contribution in [1.29, 1.82) is 0 Å². The molecule has 5 rings (SSSR count). The maximum absolute atomic E-state index is 12.6. The van der Waals surface area contributed by atoms with Crippen molar-refractivity contribution in [2.24, 2.45) is 5.92 Å². The van der Waals surface area contributed by atoms with Crippen LogP contribution < -0.4 is 10.9 Å². The zero-order valence-electron chi connectivity index (χ0n) is 24.3. The van der Waals surface area contributed by atoms with Gasteiger partial charge in [-0.1, -0.05) is 107 Å². The first kappa shape index (κ1) is 30.6. The molecular formula is C36H49NO2. The van der Waals surface area contributed by atoms with E-state index in [0.29, 0.717) is 12.4 Å². The highest BCUT2D eigenvalue weighted by molar-refractivity contribution is 6.00. The fraction of sp³-hybridized carbons (Fsp3) is 0.472. The van der Waals surface area contributed by atoms with Crippen LogP contribution in [0.2, 0.25) is 0 Å². The highest BCUT2D eigenvalue weighted by Gasteiger charge is 2.26. The summed E-state index contributed by atoms with van der Waals surface area (Å²) in [6.45, 7) is 4.92. The number of rotatable bonds is 8. The van der Waals surface area contributed by atoms with E-state index in [-0.39, 0.29) is 12.1 Å². The van der Waals surface area contributed by atoms with Crippen molar-refractivity contribution in [1.82, 2.24) is 6.15 Å². The molecule has 0 aromatic heterocycles. The van der Waals surface area contributed by atoms with E-state index in [1.807, 2.05) is 12.1 Å². The minimum absolute atomic E-state index is 0. The molecule has 0 radical (unpaired) electrons. The standard InChI is InChI=1S/C23H28O2.C13H18.H3N/c1-3-6-17-8-5-9-18(14-17)16-25-21-12-13-22-20(15-21)11-10-19(7-4-2)23(22)24;1-2-5-9-12(8-4-1)13-10-6-3-7-11-13;/h5,8-9,12-15,19H,3-4,6-7,10-11,16H2,1-2H3;3,6-7,10-12H,1-2,4-5,8-9H2;1H3. The van der Waals surface area contributed by atoms with Crippen molar-refractivity contribution in [3.05, 3.63) is 101 Å². The Bertz CT molecular complexity index is 1130. The number of Topliss-reactive ketones (excluding diaryl/α,β-unsaturated/α-hetero) is 1. The molecule has 3 aromatic rings. The van der Waals surface area contributed by atoms with Gasteiger partial charge in [0.15, 0.2) is 5.78 Å². The molecule has 0 saturated heterocycles. The fourth-order valence-electron chi connectivity index (χ4n) is 6.08. The fourth-order valence-corrected chi connectivity index (χ4v) is 6.08. The number of benzene rings is 3.